The summed E-state index contributed by atoms with van der Waals surface area (Å²) in [7, 11) is 5.37. The van der Waals surface area contributed by atoms with Crippen LogP contribution in [0.5, 0.6) is 0 Å². The van der Waals surface area contributed by atoms with E-state index in [4.69, 9.17) is 11.5 Å². The molecule has 0 saturated heterocycles. The Hall–Kier alpha value is -4.39. The standard InChI is InChI=1S/C36H58N8O5/c1-21(2)27(19-22(3)30(45)41-25(33(48)49)16-14-18-40-34(37)38)44(11)32(47)29(35(4,5)6)42-31(46)28(39-9)36(7,8)24-20-43(10)26-17-13-12-15-23(24)26/h12-13,15,17,19-21,25,27-29,39H,14,16,18H2,1-11H3,(H,41,45)(H,42,46)(H,48,49)(H4,37,38,40)/t25-,27+,28+,29+/m0/s1. The van der Waals surface area contributed by atoms with Gasteiger partial charge in [0.25, 0.3) is 0 Å². The molecule has 8 N–H and O–H groups in total. The Balaban J connectivity index is 2.33. The molecule has 0 aliphatic rings. The zero-order valence-corrected chi connectivity index (χ0v) is 31.0. The third-order valence-electron chi connectivity index (χ3n) is 9.07. The number of likely N-dealkylation sites (N-methyl/N-ethyl adjacent to an activating group) is 2. The van der Waals surface area contributed by atoms with Crippen molar-refractivity contribution in [2.75, 3.05) is 20.6 Å². The molecule has 0 aliphatic carbocycles. The molecule has 0 spiro atoms. The molecule has 2 rings (SSSR count). The van der Waals surface area contributed by atoms with Crippen LogP contribution in [0.15, 0.2) is 47.1 Å². The number of aliphatic carboxylic acids is 1. The first-order valence-corrected chi connectivity index (χ1v) is 16.7. The van der Waals surface area contributed by atoms with Crippen LogP contribution in [0.2, 0.25) is 0 Å². The monoisotopic (exact) mass is 682 g/mol. The van der Waals surface area contributed by atoms with Crippen molar-refractivity contribution >= 4 is 40.6 Å². The summed E-state index contributed by atoms with van der Waals surface area (Å²) >= 11 is 0. The third kappa shape index (κ3) is 10.3. The largest absolute Gasteiger partial charge is 0.480 e. The molecule has 0 radical (unpaired) electrons. The molecule has 0 fully saturated rings. The van der Waals surface area contributed by atoms with E-state index in [1.54, 1.807) is 32.0 Å². The molecule has 0 aliphatic heterocycles. The van der Waals surface area contributed by atoms with Crippen LogP contribution in [0.4, 0.5) is 0 Å². The van der Waals surface area contributed by atoms with E-state index in [2.05, 4.69) is 20.9 Å². The van der Waals surface area contributed by atoms with Gasteiger partial charge in [0.1, 0.15) is 12.1 Å². The van der Waals surface area contributed by atoms with Gasteiger partial charge in [0.05, 0.1) is 12.1 Å². The highest BCUT2D eigenvalue weighted by molar-refractivity contribution is 5.96. The number of benzene rings is 1. The van der Waals surface area contributed by atoms with Crippen molar-refractivity contribution in [3.63, 3.8) is 0 Å². The number of carboxylic acid groups (broad SMARTS) is 1. The van der Waals surface area contributed by atoms with Crippen LogP contribution < -0.4 is 27.4 Å². The normalized spacial score (nSPS) is 14.9. The molecule has 1 aromatic carbocycles. The fraction of sp³-hybridized carbons (Fsp3) is 0.583. The second kappa shape index (κ2) is 16.8. The Morgan fingerprint density at radius 2 is 1.65 bits per heavy atom. The van der Waals surface area contributed by atoms with Gasteiger partial charge in [-0.15, -0.1) is 0 Å². The lowest BCUT2D eigenvalue weighted by Crippen LogP contribution is -2.61. The maximum absolute atomic E-state index is 14.2. The zero-order chi connectivity index (χ0) is 37.4. The van der Waals surface area contributed by atoms with Gasteiger partial charge in [-0.2, -0.15) is 0 Å². The molecule has 4 atom stereocenters. The Kier molecular flexibility index (Phi) is 14.0. The Labute approximate surface area is 290 Å². The van der Waals surface area contributed by atoms with Crippen LogP contribution in [-0.4, -0.2) is 89.0 Å². The molecular formula is C36H58N8O5. The van der Waals surface area contributed by atoms with E-state index in [1.165, 1.54) is 0 Å². The van der Waals surface area contributed by atoms with E-state index in [1.807, 2.05) is 90.5 Å². The average molecular weight is 683 g/mol. The fourth-order valence-electron chi connectivity index (χ4n) is 6.17. The molecule has 0 unspecified atom stereocenters. The Bertz CT molecular complexity index is 1550. The van der Waals surface area contributed by atoms with Crippen molar-refractivity contribution in [2.24, 2.45) is 34.8 Å². The average Bonchev–Trinajstić information content (AvgIpc) is 3.35. The molecular weight excluding hydrogens is 624 g/mol. The van der Waals surface area contributed by atoms with Crippen LogP contribution in [0.1, 0.15) is 73.8 Å². The number of fused-ring (bicyclic) bond motifs is 1. The maximum Gasteiger partial charge on any atom is 0.326 e. The highest BCUT2D eigenvalue weighted by atomic mass is 16.4. The molecule has 2 aromatic rings. The highest BCUT2D eigenvalue weighted by Crippen LogP contribution is 2.35. The number of aromatic nitrogens is 1. The number of amides is 3. The first-order valence-electron chi connectivity index (χ1n) is 16.7. The molecule has 1 heterocycles. The van der Waals surface area contributed by atoms with E-state index >= 15 is 0 Å². The van der Waals surface area contributed by atoms with Gasteiger partial charge in [-0.05, 0) is 49.8 Å². The van der Waals surface area contributed by atoms with E-state index in [9.17, 15) is 24.3 Å². The number of aryl methyl sites for hydroxylation is 1. The zero-order valence-electron chi connectivity index (χ0n) is 31.0. The highest BCUT2D eigenvalue weighted by Gasteiger charge is 2.42. The summed E-state index contributed by atoms with van der Waals surface area (Å²) in [5.74, 6) is -2.57. The molecule has 13 nitrogen and oxygen atoms in total. The number of nitrogens with two attached hydrogens (primary N) is 2. The first kappa shape index (κ1) is 40.8. The lowest BCUT2D eigenvalue weighted by molar-refractivity contribution is -0.141. The number of rotatable bonds is 16. The van der Waals surface area contributed by atoms with Crippen LogP contribution in [0, 0.1) is 11.3 Å². The molecule has 1 aromatic heterocycles. The van der Waals surface area contributed by atoms with E-state index < -0.39 is 46.9 Å². The fourth-order valence-corrected chi connectivity index (χ4v) is 6.17. The predicted octanol–water partition coefficient (Wildman–Crippen LogP) is 2.63. The summed E-state index contributed by atoms with van der Waals surface area (Å²) < 4.78 is 2.05. The quantitative estimate of drug-likeness (QED) is 0.0672. The number of para-hydroxylation sites is 1. The van der Waals surface area contributed by atoms with Crippen LogP contribution >= 0.6 is 0 Å². The van der Waals surface area contributed by atoms with Gasteiger partial charge in [-0.25, -0.2) is 4.79 Å². The van der Waals surface area contributed by atoms with Crippen molar-refractivity contribution in [2.45, 2.75) is 97.8 Å². The molecule has 0 bridgehead atoms. The number of nitrogens with zero attached hydrogens (tertiary/aromatic N) is 3. The minimum Gasteiger partial charge on any atom is -0.480 e. The summed E-state index contributed by atoms with van der Waals surface area (Å²) in [6.07, 6.45) is 4.20. The van der Waals surface area contributed by atoms with Gasteiger partial charge in [-0.3, -0.25) is 19.4 Å². The van der Waals surface area contributed by atoms with Crippen molar-refractivity contribution in [1.82, 2.24) is 25.4 Å². The number of aliphatic imine (C=N–C) groups is 1. The summed E-state index contributed by atoms with van der Waals surface area (Å²) in [5.41, 5.74) is 11.7. The Morgan fingerprint density at radius 1 is 1.04 bits per heavy atom. The summed E-state index contributed by atoms with van der Waals surface area (Å²) in [4.78, 5) is 58.7. The molecule has 272 valence electrons. The number of nitrogens with one attached hydrogen (secondary N) is 3. The number of hydrogen-bond donors (Lipinski definition) is 6. The Morgan fingerprint density at radius 3 is 2.18 bits per heavy atom. The van der Waals surface area contributed by atoms with Crippen LogP contribution in [-0.2, 0) is 31.6 Å². The van der Waals surface area contributed by atoms with E-state index in [0.29, 0.717) is 6.42 Å². The molecule has 0 saturated carbocycles. The number of carboxylic acids is 1. The van der Waals surface area contributed by atoms with E-state index in [-0.39, 0.29) is 42.2 Å². The minimum atomic E-state index is -1.18. The molecule has 3 amide bonds. The smallest absolute Gasteiger partial charge is 0.326 e. The van der Waals surface area contributed by atoms with Crippen molar-refractivity contribution in [3.05, 3.63) is 47.7 Å². The second-order valence-corrected chi connectivity index (χ2v) is 14.8. The van der Waals surface area contributed by atoms with Gasteiger partial charge >= 0.3 is 5.97 Å². The first-order chi connectivity index (χ1) is 22.6. The number of carbonyl (C=O) groups excluding carboxylic acids is 3. The van der Waals surface area contributed by atoms with Gasteiger partial charge < -0.3 is 42.0 Å². The van der Waals surface area contributed by atoms with Crippen molar-refractivity contribution < 1.29 is 24.3 Å². The number of hydrogen-bond acceptors (Lipinski definition) is 6. The summed E-state index contributed by atoms with van der Waals surface area (Å²) in [5, 5.41) is 19.5. The third-order valence-corrected chi connectivity index (χ3v) is 9.07. The van der Waals surface area contributed by atoms with Crippen LogP contribution in [0.3, 0.4) is 0 Å². The van der Waals surface area contributed by atoms with Gasteiger partial charge in [-0.1, -0.05) is 72.7 Å². The maximum atomic E-state index is 14.2. The lowest BCUT2D eigenvalue weighted by Gasteiger charge is -2.39. The number of guanidine groups is 1. The van der Waals surface area contributed by atoms with E-state index in [0.717, 1.165) is 16.5 Å². The van der Waals surface area contributed by atoms with Crippen molar-refractivity contribution in [3.8, 4) is 0 Å². The van der Waals surface area contributed by atoms with Gasteiger partial charge in [0.2, 0.25) is 17.7 Å². The number of carbonyl (C=O) groups is 4. The SMILES string of the molecule is CN[C@H](C(=O)N[C@H](C(=O)N(C)[C@H](C=C(C)C(=O)N[C@@H](CCCN=C(N)N)C(=O)O)C(C)C)C(C)(C)C)C(C)(C)c1cn(C)c2ccccc12. The second-order valence-electron chi connectivity index (χ2n) is 14.8. The van der Waals surface area contributed by atoms with Gasteiger partial charge in [0.15, 0.2) is 5.96 Å². The topological polar surface area (TPSA) is 197 Å². The molecule has 49 heavy (non-hydrogen) atoms. The molecule has 13 heteroatoms. The summed E-state index contributed by atoms with van der Waals surface area (Å²) in [6.45, 7) is 15.4. The predicted molar refractivity (Wildman–Crippen MR) is 195 cm³/mol. The summed E-state index contributed by atoms with van der Waals surface area (Å²) in [6, 6.07) is 4.82. The lowest BCUT2D eigenvalue weighted by atomic mass is 9.76. The van der Waals surface area contributed by atoms with Crippen LogP contribution in [0.25, 0.3) is 10.9 Å². The van der Waals surface area contributed by atoms with Crippen molar-refractivity contribution in [1.29, 1.82) is 0 Å². The van der Waals surface area contributed by atoms with Gasteiger partial charge in [0, 0.05) is 48.7 Å². The minimum absolute atomic E-state index is 0.0899.